The summed E-state index contributed by atoms with van der Waals surface area (Å²) >= 11 is 6.25. The van der Waals surface area contributed by atoms with E-state index in [-0.39, 0.29) is 29.5 Å². The lowest BCUT2D eigenvalue weighted by Gasteiger charge is -2.34. The highest BCUT2D eigenvalue weighted by Crippen LogP contribution is 2.27. The zero-order valence-electron chi connectivity index (χ0n) is 23.4. The van der Waals surface area contributed by atoms with E-state index in [1.165, 1.54) is 23.1 Å². The Kier molecular flexibility index (Phi) is 10.8. The average Bonchev–Trinajstić information content (AvgIpc) is 3.01. The third-order valence-electron chi connectivity index (χ3n) is 6.72. The van der Waals surface area contributed by atoms with Crippen LogP contribution in [0.25, 0.3) is 0 Å². The van der Waals surface area contributed by atoms with Crippen molar-refractivity contribution >= 4 is 39.1 Å². The van der Waals surface area contributed by atoms with Crippen LogP contribution in [0.15, 0.2) is 120 Å². The van der Waals surface area contributed by atoms with E-state index in [0.29, 0.717) is 11.6 Å². The second kappa shape index (κ2) is 14.7. The van der Waals surface area contributed by atoms with Gasteiger partial charge in [0.1, 0.15) is 12.6 Å². The Morgan fingerprint density at radius 2 is 1.40 bits per heavy atom. The van der Waals surface area contributed by atoms with Crippen LogP contribution < -0.4 is 9.62 Å². The Hall–Kier alpha value is -4.14. The van der Waals surface area contributed by atoms with Gasteiger partial charge in [-0.1, -0.05) is 103 Å². The molecule has 1 atom stereocenters. The van der Waals surface area contributed by atoms with Crippen LogP contribution in [0.4, 0.5) is 5.69 Å². The van der Waals surface area contributed by atoms with Crippen LogP contribution in [0, 0.1) is 0 Å². The first-order valence-corrected chi connectivity index (χ1v) is 15.6. The minimum Gasteiger partial charge on any atom is -0.354 e. The molecule has 0 aliphatic carbocycles. The summed E-state index contributed by atoms with van der Waals surface area (Å²) in [5.74, 6) is -0.823. The molecule has 0 heterocycles. The van der Waals surface area contributed by atoms with E-state index in [9.17, 15) is 18.0 Å². The van der Waals surface area contributed by atoms with Gasteiger partial charge in [0, 0.05) is 24.5 Å². The van der Waals surface area contributed by atoms with Gasteiger partial charge in [0.05, 0.1) is 10.6 Å². The molecule has 1 unspecified atom stereocenters. The molecule has 0 aromatic heterocycles. The monoisotopic (exact) mass is 603 g/mol. The van der Waals surface area contributed by atoms with Gasteiger partial charge in [0.15, 0.2) is 0 Å². The van der Waals surface area contributed by atoms with Crippen molar-refractivity contribution in [3.8, 4) is 0 Å². The van der Waals surface area contributed by atoms with Crippen molar-refractivity contribution in [3.63, 3.8) is 0 Å². The number of amides is 2. The third kappa shape index (κ3) is 7.99. The summed E-state index contributed by atoms with van der Waals surface area (Å²) in [7, 11) is -4.16. The predicted octanol–water partition coefficient (Wildman–Crippen LogP) is 5.70. The number of halogens is 1. The van der Waals surface area contributed by atoms with Crippen LogP contribution in [0.2, 0.25) is 5.02 Å². The molecule has 1 N–H and O–H groups in total. The van der Waals surface area contributed by atoms with Gasteiger partial charge in [-0.25, -0.2) is 8.42 Å². The molecule has 4 aromatic rings. The molecule has 0 saturated carbocycles. The molecule has 42 heavy (non-hydrogen) atoms. The standard InChI is InChI=1S/C33H34ClN3O4S/c1-2-21-35-33(39)31(22-26-13-6-3-7-14-26)36(24-27-15-8-4-9-16-27)32(38)25-37(29-18-12-17-28(34)23-29)42(40,41)30-19-10-5-11-20-30/h3-20,23,31H,2,21-22,24-25H2,1H3,(H,35,39). The topological polar surface area (TPSA) is 86.8 Å². The SMILES string of the molecule is CCCNC(=O)C(Cc1ccccc1)N(Cc1ccccc1)C(=O)CN(c1cccc(Cl)c1)S(=O)(=O)c1ccccc1. The molecule has 4 aromatic carbocycles. The van der Waals surface area contributed by atoms with Gasteiger partial charge in [-0.15, -0.1) is 0 Å². The maximum absolute atomic E-state index is 14.3. The lowest BCUT2D eigenvalue weighted by molar-refractivity contribution is -0.140. The minimum absolute atomic E-state index is 0.0360. The van der Waals surface area contributed by atoms with Crippen LogP contribution in [-0.2, 0) is 32.6 Å². The Bertz CT molecular complexity index is 1570. The Morgan fingerprint density at radius 3 is 2.00 bits per heavy atom. The molecule has 218 valence electrons. The van der Waals surface area contributed by atoms with Crippen molar-refractivity contribution in [2.45, 2.75) is 37.2 Å². The first-order valence-electron chi connectivity index (χ1n) is 13.8. The molecule has 2 amide bonds. The summed E-state index contributed by atoms with van der Waals surface area (Å²) in [6, 6.07) is 32.2. The number of nitrogens with zero attached hydrogens (tertiary/aromatic N) is 2. The number of anilines is 1. The summed E-state index contributed by atoms with van der Waals surface area (Å²) in [4.78, 5) is 29.4. The van der Waals surface area contributed by atoms with E-state index < -0.39 is 28.5 Å². The number of hydrogen-bond donors (Lipinski definition) is 1. The second-order valence-electron chi connectivity index (χ2n) is 9.81. The van der Waals surface area contributed by atoms with E-state index in [1.54, 1.807) is 36.4 Å². The molecular formula is C33H34ClN3O4S. The van der Waals surface area contributed by atoms with Crippen molar-refractivity contribution in [1.82, 2.24) is 10.2 Å². The summed E-state index contributed by atoms with van der Waals surface area (Å²) in [5.41, 5.74) is 1.94. The first-order chi connectivity index (χ1) is 20.3. The number of carbonyl (C=O) groups excluding carboxylic acids is 2. The number of benzene rings is 4. The maximum Gasteiger partial charge on any atom is 0.264 e. The summed E-state index contributed by atoms with van der Waals surface area (Å²) in [5, 5.41) is 3.27. The molecule has 7 nitrogen and oxygen atoms in total. The number of sulfonamides is 1. The normalized spacial score (nSPS) is 11.9. The predicted molar refractivity (Wildman–Crippen MR) is 167 cm³/mol. The van der Waals surface area contributed by atoms with E-state index in [1.807, 2.05) is 67.6 Å². The van der Waals surface area contributed by atoms with Crippen LogP contribution in [0.1, 0.15) is 24.5 Å². The second-order valence-corrected chi connectivity index (χ2v) is 12.1. The van der Waals surface area contributed by atoms with E-state index >= 15 is 0 Å². The smallest absolute Gasteiger partial charge is 0.264 e. The molecule has 4 rings (SSSR count). The number of nitrogens with one attached hydrogen (secondary N) is 1. The van der Waals surface area contributed by atoms with E-state index in [4.69, 9.17) is 11.6 Å². The van der Waals surface area contributed by atoms with E-state index in [0.717, 1.165) is 21.9 Å². The molecular weight excluding hydrogens is 570 g/mol. The molecule has 0 saturated heterocycles. The van der Waals surface area contributed by atoms with Gasteiger partial charge in [0.25, 0.3) is 10.0 Å². The summed E-state index contributed by atoms with van der Waals surface area (Å²) in [6.45, 7) is 1.99. The lowest BCUT2D eigenvalue weighted by atomic mass is 10.0. The zero-order valence-corrected chi connectivity index (χ0v) is 25.0. The fraction of sp³-hybridized carbons (Fsp3) is 0.212. The van der Waals surface area contributed by atoms with Gasteiger partial charge >= 0.3 is 0 Å². The van der Waals surface area contributed by atoms with Crippen LogP contribution in [0.3, 0.4) is 0 Å². The van der Waals surface area contributed by atoms with Crippen molar-refractivity contribution < 1.29 is 18.0 Å². The van der Waals surface area contributed by atoms with Crippen LogP contribution in [0.5, 0.6) is 0 Å². The van der Waals surface area contributed by atoms with Gasteiger partial charge in [-0.3, -0.25) is 13.9 Å². The Balaban J connectivity index is 1.77. The van der Waals surface area contributed by atoms with Gasteiger partial charge in [-0.2, -0.15) is 0 Å². The van der Waals surface area contributed by atoms with Gasteiger partial charge in [0.2, 0.25) is 11.8 Å². The molecule has 0 spiro atoms. The molecule has 0 aliphatic heterocycles. The molecule has 0 bridgehead atoms. The Morgan fingerprint density at radius 1 is 0.810 bits per heavy atom. The van der Waals surface area contributed by atoms with Crippen molar-refractivity contribution in [2.75, 3.05) is 17.4 Å². The van der Waals surface area contributed by atoms with Crippen LogP contribution in [-0.4, -0.2) is 44.3 Å². The molecule has 9 heteroatoms. The highest BCUT2D eigenvalue weighted by atomic mass is 35.5. The quantitative estimate of drug-likeness (QED) is 0.212. The fourth-order valence-electron chi connectivity index (χ4n) is 4.58. The fourth-order valence-corrected chi connectivity index (χ4v) is 6.19. The maximum atomic E-state index is 14.3. The molecule has 0 fully saturated rings. The average molecular weight is 604 g/mol. The summed E-state index contributed by atoms with van der Waals surface area (Å²) in [6.07, 6.45) is 0.992. The highest BCUT2D eigenvalue weighted by Gasteiger charge is 2.34. The minimum atomic E-state index is -4.16. The van der Waals surface area contributed by atoms with Crippen LogP contribution >= 0.6 is 11.6 Å². The number of hydrogen-bond acceptors (Lipinski definition) is 4. The van der Waals surface area contributed by atoms with E-state index in [2.05, 4.69) is 5.32 Å². The van der Waals surface area contributed by atoms with Gasteiger partial charge in [-0.05, 0) is 47.9 Å². The molecule has 0 radical (unpaired) electrons. The number of carbonyl (C=O) groups is 2. The van der Waals surface area contributed by atoms with Gasteiger partial charge < -0.3 is 10.2 Å². The van der Waals surface area contributed by atoms with Crippen molar-refractivity contribution in [3.05, 3.63) is 131 Å². The Labute approximate surface area is 252 Å². The lowest BCUT2D eigenvalue weighted by Crippen LogP contribution is -2.53. The van der Waals surface area contributed by atoms with Crippen molar-refractivity contribution in [1.29, 1.82) is 0 Å². The van der Waals surface area contributed by atoms with Crippen molar-refractivity contribution in [2.24, 2.45) is 0 Å². The molecule has 0 aliphatic rings. The first kappa shape index (κ1) is 30.8. The third-order valence-corrected chi connectivity index (χ3v) is 8.75. The highest BCUT2D eigenvalue weighted by molar-refractivity contribution is 7.92. The summed E-state index contributed by atoms with van der Waals surface area (Å²) < 4.78 is 28.9. The largest absolute Gasteiger partial charge is 0.354 e. The zero-order chi connectivity index (χ0) is 30.0. The number of rotatable bonds is 13.